The molecule has 31 heavy (non-hydrogen) atoms. The number of nitrogens with one attached hydrogen (secondary N) is 3. The molecule has 1 heterocycles. The Hall–Kier alpha value is -2.34. The minimum Gasteiger partial charge on any atom is -0.302 e. The molecule has 0 aliphatic heterocycles. The van der Waals surface area contributed by atoms with Gasteiger partial charge in [0.15, 0.2) is 9.34 Å². The molecule has 0 bridgehead atoms. The molecular weight excluding hydrogens is 440 g/mol. The van der Waals surface area contributed by atoms with E-state index in [9.17, 15) is 18.0 Å². The van der Waals surface area contributed by atoms with E-state index in [1.54, 1.807) is 6.92 Å². The van der Waals surface area contributed by atoms with Crippen LogP contribution in [0, 0.1) is 6.92 Å². The smallest absolute Gasteiger partial charge is 0.252 e. The predicted molar refractivity (Wildman–Crippen MR) is 119 cm³/mol. The van der Waals surface area contributed by atoms with Crippen molar-refractivity contribution in [2.75, 3.05) is 5.32 Å². The number of hydroxylamine groups is 1. The van der Waals surface area contributed by atoms with E-state index < -0.39 is 22.0 Å². The summed E-state index contributed by atoms with van der Waals surface area (Å²) < 4.78 is 28.4. The fraction of sp³-hybridized carbons (Fsp3) is 0.450. The van der Waals surface area contributed by atoms with Crippen LogP contribution < -0.4 is 15.5 Å². The Morgan fingerprint density at radius 3 is 2.58 bits per heavy atom. The van der Waals surface area contributed by atoms with Crippen LogP contribution in [0.15, 0.2) is 34.5 Å². The molecular formula is C20H28N4O5S2. The quantitative estimate of drug-likeness (QED) is 0.411. The summed E-state index contributed by atoms with van der Waals surface area (Å²) >= 11 is 0.872. The van der Waals surface area contributed by atoms with Crippen molar-refractivity contribution in [1.29, 1.82) is 0 Å². The second-order valence-electron chi connectivity index (χ2n) is 7.04. The highest BCUT2D eigenvalue weighted by Gasteiger charge is 2.26. The first-order valence-corrected chi connectivity index (χ1v) is 12.2. The van der Waals surface area contributed by atoms with Gasteiger partial charge in [-0.15, -0.1) is 0 Å². The highest BCUT2D eigenvalue weighted by Crippen LogP contribution is 2.27. The molecule has 1 aromatic heterocycles. The zero-order valence-electron chi connectivity index (χ0n) is 17.8. The van der Waals surface area contributed by atoms with E-state index in [0.29, 0.717) is 6.42 Å². The SMILES string of the molecule is CCCC[C@@H](CC(=O)NOCc1ccccc1)NS(=O)(=O)c1sc(NC(C)=O)nc1C. The molecule has 1 atom stereocenters. The molecule has 0 aliphatic carbocycles. The van der Waals surface area contributed by atoms with Gasteiger partial charge in [-0.3, -0.25) is 14.4 Å². The Morgan fingerprint density at radius 1 is 1.23 bits per heavy atom. The number of anilines is 1. The number of nitrogens with zero attached hydrogens (tertiary/aromatic N) is 1. The maximum atomic E-state index is 12.9. The Kier molecular flexibility index (Phi) is 9.56. The van der Waals surface area contributed by atoms with Gasteiger partial charge >= 0.3 is 0 Å². The number of rotatable bonds is 12. The van der Waals surface area contributed by atoms with Gasteiger partial charge in [0, 0.05) is 19.4 Å². The van der Waals surface area contributed by atoms with Crippen LogP contribution in [0.5, 0.6) is 0 Å². The Labute approximate surface area is 186 Å². The summed E-state index contributed by atoms with van der Waals surface area (Å²) in [7, 11) is -3.91. The molecule has 0 saturated carbocycles. The summed E-state index contributed by atoms with van der Waals surface area (Å²) in [6, 6.07) is 8.77. The molecule has 2 rings (SSSR count). The van der Waals surface area contributed by atoms with Gasteiger partial charge in [0.1, 0.15) is 0 Å². The highest BCUT2D eigenvalue weighted by atomic mass is 32.2. The second kappa shape index (κ2) is 11.9. The van der Waals surface area contributed by atoms with Gasteiger partial charge in [-0.1, -0.05) is 61.4 Å². The number of sulfonamides is 1. The summed E-state index contributed by atoms with van der Waals surface area (Å²) in [6.07, 6.45) is 2.05. The molecule has 0 spiro atoms. The van der Waals surface area contributed by atoms with Crippen LogP contribution in [0.25, 0.3) is 0 Å². The maximum absolute atomic E-state index is 12.9. The lowest BCUT2D eigenvalue weighted by Gasteiger charge is -2.18. The van der Waals surface area contributed by atoms with E-state index >= 15 is 0 Å². The standard InChI is InChI=1S/C20H28N4O5S2/c1-4-5-11-17(12-18(26)23-29-13-16-9-7-6-8-10-16)24-31(27,28)19-14(2)21-20(30-19)22-15(3)25/h6-10,17,24H,4-5,11-13H2,1-3H3,(H,23,26)(H,21,22,25)/t17-/m0/s1. The summed E-state index contributed by atoms with van der Waals surface area (Å²) in [5.74, 6) is -0.752. The van der Waals surface area contributed by atoms with E-state index in [1.807, 2.05) is 37.3 Å². The Bertz CT molecular complexity index is 977. The van der Waals surface area contributed by atoms with Gasteiger partial charge in [0.05, 0.1) is 12.3 Å². The van der Waals surface area contributed by atoms with E-state index in [-0.39, 0.29) is 34.0 Å². The molecule has 1 aromatic carbocycles. The van der Waals surface area contributed by atoms with Crippen LogP contribution in [0.2, 0.25) is 0 Å². The van der Waals surface area contributed by atoms with E-state index in [1.165, 1.54) is 6.92 Å². The van der Waals surface area contributed by atoms with Crippen LogP contribution in [0.3, 0.4) is 0 Å². The van der Waals surface area contributed by atoms with Gasteiger partial charge in [-0.25, -0.2) is 23.6 Å². The maximum Gasteiger partial charge on any atom is 0.252 e. The lowest BCUT2D eigenvalue weighted by atomic mass is 10.1. The average molecular weight is 469 g/mol. The largest absolute Gasteiger partial charge is 0.302 e. The van der Waals surface area contributed by atoms with E-state index in [4.69, 9.17) is 4.84 Å². The Balaban J connectivity index is 2.00. The number of benzene rings is 1. The summed E-state index contributed by atoms with van der Waals surface area (Å²) in [4.78, 5) is 32.8. The molecule has 2 amide bonds. The number of aryl methyl sites for hydroxylation is 1. The van der Waals surface area contributed by atoms with Gasteiger partial charge in [0.25, 0.3) is 10.0 Å². The first kappa shape index (κ1) is 24.9. The minimum atomic E-state index is -3.91. The number of carbonyl (C=O) groups excluding carboxylic acids is 2. The number of hydrogen-bond donors (Lipinski definition) is 3. The van der Waals surface area contributed by atoms with Gasteiger partial charge in [-0.2, -0.15) is 0 Å². The molecule has 0 fully saturated rings. The fourth-order valence-corrected chi connectivity index (χ4v) is 5.55. The van der Waals surface area contributed by atoms with Gasteiger partial charge in [-0.05, 0) is 18.9 Å². The third-order valence-electron chi connectivity index (χ3n) is 4.21. The van der Waals surface area contributed by atoms with Crippen LogP contribution in [0.1, 0.15) is 50.8 Å². The molecule has 170 valence electrons. The molecule has 0 unspecified atom stereocenters. The lowest BCUT2D eigenvalue weighted by Crippen LogP contribution is -2.39. The van der Waals surface area contributed by atoms with E-state index in [0.717, 1.165) is 29.7 Å². The average Bonchev–Trinajstić information content (AvgIpc) is 3.07. The number of amides is 2. The molecule has 9 nitrogen and oxygen atoms in total. The molecule has 0 aliphatic rings. The van der Waals surface area contributed by atoms with Crippen LogP contribution in [-0.4, -0.2) is 31.3 Å². The van der Waals surface area contributed by atoms with Crippen LogP contribution >= 0.6 is 11.3 Å². The van der Waals surface area contributed by atoms with Crippen molar-refractivity contribution < 1.29 is 22.8 Å². The minimum absolute atomic E-state index is 0.0125. The molecule has 0 saturated heterocycles. The van der Waals surface area contributed by atoms with Crippen molar-refractivity contribution in [2.45, 2.75) is 63.3 Å². The summed E-state index contributed by atoms with van der Waals surface area (Å²) in [5.41, 5.74) is 3.56. The van der Waals surface area contributed by atoms with Crippen molar-refractivity contribution in [3.8, 4) is 0 Å². The number of carbonyl (C=O) groups is 2. The predicted octanol–water partition coefficient (Wildman–Crippen LogP) is 2.89. The molecule has 11 heteroatoms. The zero-order valence-corrected chi connectivity index (χ0v) is 19.4. The monoisotopic (exact) mass is 468 g/mol. The number of aromatic nitrogens is 1. The number of thiazole rings is 1. The normalized spacial score (nSPS) is 12.4. The molecule has 0 radical (unpaired) electrons. The summed E-state index contributed by atoms with van der Waals surface area (Å²) in [5, 5.41) is 2.70. The number of unbranched alkanes of at least 4 members (excludes halogenated alkanes) is 1. The van der Waals surface area contributed by atoms with Crippen molar-refractivity contribution >= 4 is 38.3 Å². The second-order valence-corrected chi connectivity index (χ2v) is 9.95. The first-order valence-electron chi connectivity index (χ1n) is 9.93. The molecule has 2 aromatic rings. The molecule has 3 N–H and O–H groups in total. The van der Waals surface area contributed by atoms with Crippen molar-refractivity contribution in [3.05, 3.63) is 41.6 Å². The van der Waals surface area contributed by atoms with Crippen molar-refractivity contribution in [2.24, 2.45) is 0 Å². The van der Waals surface area contributed by atoms with Gasteiger partial charge in [0.2, 0.25) is 11.8 Å². The van der Waals surface area contributed by atoms with Crippen LogP contribution in [-0.2, 0) is 31.1 Å². The summed E-state index contributed by atoms with van der Waals surface area (Å²) in [6.45, 7) is 5.08. The first-order chi connectivity index (χ1) is 14.7. The van der Waals surface area contributed by atoms with E-state index in [2.05, 4.69) is 20.5 Å². The number of hydrogen-bond acceptors (Lipinski definition) is 7. The third kappa shape index (κ3) is 8.37. The Morgan fingerprint density at radius 2 is 1.94 bits per heavy atom. The van der Waals surface area contributed by atoms with Gasteiger partial charge < -0.3 is 5.32 Å². The lowest BCUT2D eigenvalue weighted by molar-refractivity contribution is -0.135. The van der Waals surface area contributed by atoms with Crippen LogP contribution in [0.4, 0.5) is 5.13 Å². The fourth-order valence-electron chi connectivity index (χ4n) is 2.80. The highest BCUT2D eigenvalue weighted by molar-refractivity contribution is 7.91. The third-order valence-corrected chi connectivity index (χ3v) is 7.41. The van der Waals surface area contributed by atoms with Crippen molar-refractivity contribution in [3.63, 3.8) is 0 Å². The zero-order chi connectivity index (χ0) is 22.9. The topological polar surface area (TPSA) is 126 Å². The van der Waals surface area contributed by atoms with Crippen molar-refractivity contribution in [1.82, 2.24) is 15.2 Å².